The Labute approximate surface area is 131 Å². The summed E-state index contributed by atoms with van der Waals surface area (Å²) in [5.41, 5.74) is 3.55. The van der Waals surface area contributed by atoms with E-state index in [1.54, 1.807) is 0 Å². The van der Waals surface area contributed by atoms with Gasteiger partial charge >= 0.3 is 0 Å². The predicted molar refractivity (Wildman–Crippen MR) is 85.1 cm³/mol. The molecule has 118 valence electrons. The summed E-state index contributed by atoms with van der Waals surface area (Å²) >= 11 is 0. The number of benzene rings is 1. The average molecular weight is 300 g/mol. The van der Waals surface area contributed by atoms with Gasteiger partial charge in [0.15, 0.2) is 0 Å². The normalized spacial score (nSPS) is 27.5. The molecule has 4 nitrogen and oxygen atoms in total. The SMILES string of the molecule is O=C(NC[C@H]1CN2CCC[C@H]2CO1)c1ccc2c(c1)CCC2. The molecule has 1 amide bonds. The molecule has 2 fully saturated rings. The van der Waals surface area contributed by atoms with E-state index < -0.39 is 0 Å². The zero-order valence-electron chi connectivity index (χ0n) is 13.0. The largest absolute Gasteiger partial charge is 0.373 e. The Morgan fingerprint density at radius 3 is 3.14 bits per heavy atom. The first-order valence-electron chi connectivity index (χ1n) is 8.55. The lowest BCUT2D eigenvalue weighted by molar-refractivity contribution is -0.0461. The second-order valence-electron chi connectivity index (χ2n) is 6.79. The van der Waals surface area contributed by atoms with Gasteiger partial charge in [0.25, 0.3) is 5.91 Å². The van der Waals surface area contributed by atoms with Crippen LogP contribution >= 0.6 is 0 Å². The van der Waals surface area contributed by atoms with E-state index in [1.165, 1.54) is 36.9 Å². The fraction of sp³-hybridized carbons (Fsp3) is 0.611. The molecule has 22 heavy (non-hydrogen) atoms. The number of aryl methyl sites for hydroxylation is 2. The number of amides is 1. The maximum absolute atomic E-state index is 12.3. The molecular weight excluding hydrogens is 276 g/mol. The molecule has 1 aromatic carbocycles. The molecule has 2 aliphatic heterocycles. The lowest BCUT2D eigenvalue weighted by Gasteiger charge is -2.35. The minimum Gasteiger partial charge on any atom is -0.373 e. The first-order valence-corrected chi connectivity index (χ1v) is 8.55. The molecule has 1 aliphatic carbocycles. The molecule has 3 aliphatic rings. The van der Waals surface area contributed by atoms with E-state index in [-0.39, 0.29) is 12.0 Å². The van der Waals surface area contributed by atoms with Crippen LogP contribution in [0.15, 0.2) is 18.2 Å². The summed E-state index contributed by atoms with van der Waals surface area (Å²) in [4.78, 5) is 14.8. The second kappa shape index (κ2) is 6.01. The van der Waals surface area contributed by atoms with E-state index in [1.807, 2.05) is 6.07 Å². The number of rotatable bonds is 3. The van der Waals surface area contributed by atoms with Crippen molar-refractivity contribution in [1.29, 1.82) is 0 Å². The summed E-state index contributed by atoms with van der Waals surface area (Å²) in [5.74, 6) is 0.0295. The Morgan fingerprint density at radius 2 is 2.18 bits per heavy atom. The summed E-state index contributed by atoms with van der Waals surface area (Å²) < 4.78 is 5.90. The molecule has 0 unspecified atom stereocenters. The van der Waals surface area contributed by atoms with Crippen molar-refractivity contribution in [3.8, 4) is 0 Å². The minimum atomic E-state index is 0.0295. The molecule has 4 heteroatoms. The summed E-state index contributed by atoms with van der Waals surface area (Å²) in [6.45, 7) is 3.57. The zero-order chi connectivity index (χ0) is 14.9. The van der Waals surface area contributed by atoms with E-state index in [4.69, 9.17) is 4.74 Å². The Bertz CT molecular complexity index is 572. The first kappa shape index (κ1) is 14.2. The Morgan fingerprint density at radius 1 is 1.27 bits per heavy atom. The van der Waals surface area contributed by atoms with E-state index in [0.29, 0.717) is 12.6 Å². The van der Waals surface area contributed by atoms with Crippen LogP contribution in [0.25, 0.3) is 0 Å². The number of fused-ring (bicyclic) bond motifs is 2. The van der Waals surface area contributed by atoms with Crippen molar-refractivity contribution in [2.45, 2.75) is 44.2 Å². The molecule has 1 aromatic rings. The first-order chi connectivity index (χ1) is 10.8. The summed E-state index contributed by atoms with van der Waals surface area (Å²) in [5, 5.41) is 3.05. The van der Waals surface area contributed by atoms with Crippen LogP contribution in [0.1, 0.15) is 40.7 Å². The van der Waals surface area contributed by atoms with Crippen LogP contribution in [-0.4, -0.2) is 49.2 Å². The van der Waals surface area contributed by atoms with Crippen molar-refractivity contribution >= 4 is 5.91 Å². The third kappa shape index (κ3) is 2.77. The molecule has 2 saturated heterocycles. The van der Waals surface area contributed by atoms with Crippen LogP contribution in [0.2, 0.25) is 0 Å². The van der Waals surface area contributed by atoms with E-state index in [9.17, 15) is 4.79 Å². The standard InChI is InChI=1S/C18H24N2O2/c21-18(15-7-6-13-3-1-4-14(13)9-15)19-10-17-11-20-8-2-5-16(20)12-22-17/h6-7,9,16-17H,1-5,8,10-12H2,(H,19,21)/t16-,17-/m0/s1. The van der Waals surface area contributed by atoms with Gasteiger partial charge in [-0.3, -0.25) is 9.69 Å². The quantitative estimate of drug-likeness (QED) is 0.925. The van der Waals surface area contributed by atoms with Gasteiger partial charge in [0.2, 0.25) is 0 Å². The van der Waals surface area contributed by atoms with E-state index in [2.05, 4.69) is 22.3 Å². The topological polar surface area (TPSA) is 41.6 Å². The van der Waals surface area contributed by atoms with Crippen LogP contribution < -0.4 is 5.32 Å². The molecule has 0 spiro atoms. The highest BCUT2D eigenvalue weighted by Crippen LogP contribution is 2.23. The molecule has 4 rings (SSSR count). The van der Waals surface area contributed by atoms with Gasteiger partial charge in [-0.25, -0.2) is 0 Å². The van der Waals surface area contributed by atoms with Gasteiger partial charge in [-0.2, -0.15) is 0 Å². The maximum Gasteiger partial charge on any atom is 0.251 e. The van der Waals surface area contributed by atoms with Crippen molar-refractivity contribution in [2.75, 3.05) is 26.2 Å². The van der Waals surface area contributed by atoms with Crippen molar-refractivity contribution in [3.63, 3.8) is 0 Å². The van der Waals surface area contributed by atoms with Gasteiger partial charge in [-0.15, -0.1) is 0 Å². The number of hydrogen-bond donors (Lipinski definition) is 1. The van der Waals surface area contributed by atoms with Gasteiger partial charge in [0.1, 0.15) is 0 Å². The molecule has 0 aromatic heterocycles. The highest BCUT2D eigenvalue weighted by molar-refractivity contribution is 5.94. The van der Waals surface area contributed by atoms with Crippen LogP contribution in [-0.2, 0) is 17.6 Å². The Kier molecular flexibility index (Phi) is 3.89. The van der Waals surface area contributed by atoms with Gasteiger partial charge in [0.05, 0.1) is 12.7 Å². The van der Waals surface area contributed by atoms with Crippen molar-refractivity contribution < 1.29 is 9.53 Å². The smallest absolute Gasteiger partial charge is 0.251 e. The minimum absolute atomic E-state index is 0.0295. The van der Waals surface area contributed by atoms with Crippen LogP contribution in [0.4, 0.5) is 0 Å². The Hall–Kier alpha value is -1.39. The number of carbonyl (C=O) groups is 1. The second-order valence-corrected chi connectivity index (χ2v) is 6.79. The van der Waals surface area contributed by atoms with Crippen LogP contribution in [0, 0.1) is 0 Å². The van der Waals surface area contributed by atoms with Crippen molar-refractivity contribution in [3.05, 3.63) is 34.9 Å². The third-order valence-electron chi connectivity index (χ3n) is 5.31. The van der Waals surface area contributed by atoms with Crippen molar-refractivity contribution in [1.82, 2.24) is 10.2 Å². The Balaban J connectivity index is 1.32. The summed E-state index contributed by atoms with van der Waals surface area (Å²) in [6, 6.07) is 6.75. The molecule has 2 heterocycles. The molecule has 2 atom stereocenters. The summed E-state index contributed by atoms with van der Waals surface area (Å²) in [6.07, 6.45) is 6.15. The number of nitrogens with one attached hydrogen (secondary N) is 1. The molecule has 1 N–H and O–H groups in total. The van der Waals surface area contributed by atoms with Crippen LogP contribution in [0.5, 0.6) is 0 Å². The zero-order valence-corrected chi connectivity index (χ0v) is 13.0. The van der Waals surface area contributed by atoms with E-state index in [0.717, 1.165) is 31.6 Å². The van der Waals surface area contributed by atoms with E-state index >= 15 is 0 Å². The number of morpholine rings is 1. The van der Waals surface area contributed by atoms with Gasteiger partial charge in [-0.1, -0.05) is 6.07 Å². The third-order valence-corrected chi connectivity index (χ3v) is 5.31. The highest BCUT2D eigenvalue weighted by atomic mass is 16.5. The fourth-order valence-corrected chi connectivity index (χ4v) is 4.03. The molecule has 0 saturated carbocycles. The summed E-state index contributed by atoms with van der Waals surface area (Å²) in [7, 11) is 0. The number of carbonyl (C=O) groups excluding carboxylic acids is 1. The predicted octanol–water partition coefficient (Wildman–Crippen LogP) is 1.77. The van der Waals surface area contributed by atoms with Crippen LogP contribution in [0.3, 0.4) is 0 Å². The highest BCUT2D eigenvalue weighted by Gasteiger charge is 2.32. The number of nitrogens with zero attached hydrogens (tertiary/aromatic N) is 1. The lowest BCUT2D eigenvalue weighted by atomic mass is 10.1. The van der Waals surface area contributed by atoms with Gasteiger partial charge < -0.3 is 10.1 Å². The average Bonchev–Trinajstić information content (AvgIpc) is 3.19. The molecule has 0 bridgehead atoms. The van der Waals surface area contributed by atoms with Gasteiger partial charge in [-0.05, 0) is 61.9 Å². The monoisotopic (exact) mass is 300 g/mol. The van der Waals surface area contributed by atoms with Crippen molar-refractivity contribution in [2.24, 2.45) is 0 Å². The number of hydrogen-bond acceptors (Lipinski definition) is 3. The maximum atomic E-state index is 12.3. The molecule has 0 radical (unpaired) electrons. The lowest BCUT2D eigenvalue weighted by Crippen LogP contribution is -2.50. The van der Waals surface area contributed by atoms with Gasteiger partial charge in [0, 0.05) is 24.7 Å². The number of ether oxygens (including phenoxy) is 1. The molecular formula is C18H24N2O2. The fourth-order valence-electron chi connectivity index (χ4n) is 4.03.